The number of amides is 1. The highest BCUT2D eigenvalue weighted by Gasteiger charge is 2.25. The third kappa shape index (κ3) is 3.07. The molecular formula is C13H20N2OS. The van der Waals surface area contributed by atoms with Crippen LogP contribution in [0.5, 0.6) is 0 Å². The molecule has 17 heavy (non-hydrogen) atoms. The number of carbonyl (C=O) groups is 1. The predicted molar refractivity (Wildman–Crippen MR) is 71.3 cm³/mol. The lowest BCUT2D eigenvalue weighted by Gasteiger charge is -2.31. The molecule has 1 aliphatic carbocycles. The summed E-state index contributed by atoms with van der Waals surface area (Å²) in [5, 5.41) is 3.14. The Morgan fingerprint density at radius 1 is 1.47 bits per heavy atom. The Hall–Kier alpha value is -0.870. The second kappa shape index (κ2) is 5.65. The van der Waals surface area contributed by atoms with Crippen LogP contribution in [-0.4, -0.2) is 18.5 Å². The lowest BCUT2D eigenvalue weighted by Crippen LogP contribution is -2.44. The number of thiophene rings is 1. The summed E-state index contributed by atoms with van der Waals surface area (Å²) < 4.78 is 0. The average molecular weight is 252 g/mol. The summed E-state index contributed by atoms with van der Waals surface area (Å²) in [6.07, 6.45) is 4.65. The van der Waals surface area contributed by atoms with Crippen LogP contribution in [0.25, 0.3) is 0 Å². The van der Waals surface area contributed by atoms with E-state index in [1.54, 1.807) is 11.3 Å². The van der Waals surface area contributed by atoms with Crippen molar-refractivity contribution in [1.29, 1.82) is 0 Å². The second-order valence-corrected chi connectivity index (χ2v) is 6.06. The van der Waals surface area contributed by atoms with Crippen LogP contribution < -0.4 is 11.1 Å². The first kappa shape index (κ1) is 12.6. The number of hydrogen-bond donors (Lipinski definition) is 2. The SMILES string of the molecule is Cc1ccc(C(=O)NC2CCCCC2CN)s1. The van der Waals surface area contributed by atoms with Gasteiger partial charge < -0.3 is 11.1 Å². The number of rotatable bonds is 3. The predicted octanol–water partition coefficient (Wildman–Crippen LogP) is 2.30. The van der Waals surface area contributed by atoms with E-state index < -0.39 is 0 Å². The van der Waals surface area contributed by atoms with Crippen molar-refractivity contribution in [3.63, 3.8) is 0 Å². The molecule has 1 fully saturated rings. The average Bonchev–Trinajstić information content (AvgIpc) is 2.77. The minimum Gasteiger partial charge on any atom is -0.348 e. The minimum absolute atomic E-state index is 0.0634. The molecule has 0 radical (unpaired) electrons. The van der Waals surface area contributed by atoms with Crippen LogP contribution in [0.1, 0.15) is 40.2 Å². The first-order valence-corrected chi connectivity index (χ1v) is 7.09. The summed E-state index contributed by atoms with van der Waals surface area (Å²) in [7, 11) is 0. The molecule has 0 saturated heterocycles. The van der Waals surface area contributed by atoms with Gasteiger partial charge in [0.25, 0.3) is 5.91 Å². The van der Waals surface area contributed by atoms with E-state index in [0.717, 1.165) is 17.7 Å². The van der Waals surface area contributed by atoms with Gasteiger partial charge in [0.05, 0.1) is 4.88 Å². The molecule has 3 nitrogen and oxygen atoms in total. The van der Waals surface area contributed by atoms with Crippen LogP contribution in [0, 0.1) is 12.8 Å². The number of nitrogens with one attached hydrogen (secondary N) is 1. The molecule has 2 unspecified atom stereocenters. The fourth-order valence-electron chi connectivity index (χ4n) is 2.48. The smallest absolute Gasteiger partial charge is 0.261 e. The van der Waals surface area contributed by atoms with Crippen LogP contribution in [0.4, 0.5) is 0 Å². The maximum absolute atomic E-state index is 12.0. The van der Waals surface area contributed by atoms with Crippen molar-refractivity contribution in [1.82, 2.24) is 5.32 Å². The molecule has 0 spiro atoms. The van der Waals surface area contributed by atoms with Gasteiger partial charge >= 0.3 is 0 Å². The van der Waals surface area contributed by atoms with Crippen LogP contribution in [0.15, 0.2) is 12.1 Å². The van der Waals surface area contributed by atoms with E-state index in [1.807, 2.05) is 19.1 Å². The molecule has 94 valence electrons. The van der Waals surface area contributed by atoms with Crippen molar-refractivity contribution in [2.24, 2.45) is 11.7 Å². The summed E-state index contributed by atoms with van der Waals surface area (Å²) in [4.78, 5) is 14.0. The molecule has 0 aliphatic heterocycles. The monoisotopic (exact) mass is 252 g/mol. The lowest BCUT2D eigenvalue weighted by molar-refractivity contribution is 0.0912. The van der Waals surface area contributed by atoms with Crippen LogP contribution in [-0.2, 0) is 0 Å². The summed E-state index contributed by atoms with van der Waals surface area (Å²) in [5.74, 6) is 0.516. The molecule has 0 bridgehead atoms. The van der Waals surface area contributed by atoms with Crippen molar-refractivity contribution in [2.75, 3.05) is 6.54 Å². The fourth-order valence-corrected chi connectivity index (χ4v) is 3.25. The largest absolute Gasteiger partial charge is 0.348 e. The Labute approximate surface area is 106 Å². The highest BCUT2D eigenvalue weighted by atomic mass is 32.1. The van der Waals surface area contributed by atoms with Gasteiger partial charge in [0, 0.05) is 10.9 Å². The molecule has 1 saturated carbocycles. The molecule has 1 aromatic heterocycles. The van der Waals surface area contributed by atoms with Gasteiger partial charge in [-0.25, -0.2) is 0 Å². The van der Waals surface area contributed by atoms with E-state index in [9.17, 15) is 4.79 Å². The van der Waals surface area contributed by atoms with Crippen molar-refractivity contribution < 1.29 is 4.79 Å². The van der Waals surface area contributed by atoms with Crippen LogP contribution >= 0.6 is 11.3 Å². The zero-order valence-corrected chi connectivity index (χ0v) is 11.1. The summed E-state index contributed by atoms with van der Waals surface area (Å²) >= 11 is 1.55. The van der Waals surface area contributed by atoms with Gasteiger partial charge in [-0.05, 0) is 44.4 Å². The Bertz CT molecular complexity index is 389. The molecule has 1 aromatic rings. The quantitative estimate of drug-likeness (QED) is 0.867. The third-order valence-corrected chi connectivity index (χ3v) is 4.49. The van der Waals surface area contributed by atoms with Crippen LogP contribution in [0.3, 0.4) is 0 Å². The van der Waals surface area contributed by atoms with Crippen molar-refractivity contribution in [3.8, 4) is 0 Å². The first-order valence-electron chi connectivity index (χ1n) is 6.28. The molecule has 1 aliphatic rings. The highest BCUT2D eigenvalue weighted by molar-refractivity contribution is 7.13. The Balaban J connectivity index is 1.97. The van der Waals surface area contributed by atoms with E-state index in [2.05, 4.69) is 5.32 Å². The van der Waals surface area contributed by atoms with Gasteiger partial charge in [0.1, 0.15) is 0 Å². The summed E-state index contributed by atoms with van der Waals surface area (Å²) in [5.41, 5.74) is 5.76. The maximum atomic E-state index is 12.0. The molecule has 1 amide bonds. The summed E-state index contributed by atoms with van der Waals surface area (Å²) in [6.45, 7) is 2.69. The minimum atomic E-state index is 0.0634. The number of carbonyl (C=O) groups excluding carboxylic acids is 1. The van der Waals surface area contributed by atoms with Crippen molar-refractivity contribution >= 4 is 17.2 Å². The Kier molecular flexibility index (Phi) is 4.18. The van der Waals surface area contributed by atoms with Gasteiger partial charge in [-0.3, -0.25) is 4.79 Å². The molecule has 3 N–H and O–H groups in total. The molecule has 1 heterocycles. The van der Waals surface area contributed by atoms with Crippen molar-refractivity contribution in [3.05, 3.63) is 21.9 Å². The maximum Gasteiger partial charge on any atom is 0.261 e. The topological polar surface area (TPSA) is 55.1 Å². The van der Waals surface area contributed by atoms with Gasteiger partial charge in [-0.1, -0.05) is 12.8 Å². The molecule has 2 atom stereocenters. The lowest BCUT2D eigenvalue weighted by atomic mass is 9.84. The van der Waals surface area contributed by atoms with E-state index in [0.29, 0.717) is 12.5 Å². The van der Waals surface area contributed by atoms with Crippen molar-refractivity contribution in [2.45, 2.75) is 38.6 Å². The zero-order valence-electron chi connectivity index (χ0n) is 10.2. The molecule has 2 rings (SSSR count). The van der Waals surface area contributed by atoms with Gasteiger partial charge in [-0.2, -0.15) is 0 Å². The zero-order chi connectivity index (χ0) is 12.3. The van der Waals surface area contributed by atoms with E-state index in [-0.39, 0.29) is 11.9 Å². The van der Waals surface area contributed by atoms with E-state index >= 15 is 0 Å². The molecular weight excluding hydrogens is 232 g/mol. The highest BCUT2D eigenvalue weighted by Crippen LogP contribution is 2.24. The van der Waals surface area contributed by atoms with Gasteiger partial charge in [-0.15, -0.1) is 11.3 Å². The standard InChI is InChI=1S/C13H20N2OS/c1-9-6-7-12(17-9)13(16)15-11-5-3-2-4-10(11)8-14/h6-7,10-11H,2-5,8,14H2,1H3,(H,15,16). The van der Waals surface area contributed by atoms with E-state index in [4.69, 9.17) is 5.73 Å². The summed E-state index contributed by atoms with van der Waals surface area (Å²) in [6, 6.07) is 4.15. The number of hydrogen-bond acceptors (Lipinski definition) is 3. The fraction of sp³-hybridized carbons (Fsp3) is 0.615. The molecule has 4 heteroatoms. The Morgan fingerprint density at radius 3 is 2.88 bits per heavy atom. The molecule has 0 aromatic carbocycles. The van der Waals surface area contributed by atoms with E-state index in [1.165, 1.54) is 17.7 Å². The third-order valence-electron chi connectivity index (χ3n) is 3.49. The van der Waals surface area contributed by atoms with Gasteiger partial charge in [0.2, 0.25) is 0 Å². The normalized spacial score (nSPS) is 24.6. The number of aryl methyl sites for hydroxylation is 1. The Morgan fingerprint density at radius 2 is 2.24 bits per heavy atom. The number of nitrogens with two attached hydrogens (primary N) is 1. The first-order chi connectivity index (χ1) is 8.20. The van der Waals surface area contributed by atoms with Crippen LogP contribution in [0.2, 0.25) is 0 Å². The van der Waals surface area contributed by atoms with Gasteiger partial charge in [0.15, 0.2) is 0 Å². The second-order valence-electron chi connectivity index (χ2n) is 4.77.